The zero-order chi connectivity index (χ0) is 16.5. The van der Waals surface area contributed by atoms with Crippen molar-refractivity contribution in [2.75, 3.05) is 19.8 Å². The molecular formula is C14H22O7. The van der Waals surface area contributed by atoms with Gasteiger partial charge in [0.1, 0.15) is 5.41 Å². The fourth-order valence-corrected chi connectivity index (χ4v) is 1.77. The summed E-state index contributed by atoms with van der Waals surface area (Å²) >= 11 is 0. The number of aliphatic carboxylic acids is 2. The summed E-state index contributed by atoms with van der Waals surface area (Å²) in [6.45, 7) is 7.36. The first-order chi connectivity index (χ1) is 9.81. The minimum absolute atomic E-state index is 0.0101. The zero-order valence-electron chi connectivity index (χ0n) is 12.4. The average molecular weight is 302 g/mol. The summed E-state index contributed by atoms with van der Waals surface area (Å²) in [7, 11) is 0. The van der Waals surface area contributed by atoms with Crippen LogP contribution in [-0.2, 0) is 23.9 Å². The van der Waals surface area contributed by atoms with E-state index in [1.165, 1.54) is 0 Å². The number of esters is 1. The number of carboxylic acid groups (broad SMARTS) is 2. The van der Waals surface area contributed by atoms with Gasteiger partial charge >= 0.3 is 17.9 Å². The van der Waals surface area contributed by atoms with Crippen LogP contribution in [0.1, 0.15) is 33.1 Å². The van der Waals surface area contributed by atoms with Crippen molar-refractivity contribution >= 4 is 17.9 Å². The number of ether oxygens (including phenoxy) is 2. The Morgan fingerprint density at radius 1 is 1.14 bits per heavy atom. The highest BCUT2D eigenvalue weighted by molar-refractivity contribution is 5.98. The van der Waals surface area contributed by atoms with Crippen LogP contribution in [0, 0.1) is 5.41 Å². The minimum atomic E-state index is -1.92. The SMILES string of the molecule is C=C(C(=O)O)C(CCOCC)(CC(=O)OCCC)C(=O)O. The molecule has 0 bridgehead atoms. The Labute approximate surface area is 123 Å². The van der Waals surface area contributed by atoms with E-state index in [2.05, 4.69) is 6.58 Å². The molecule has 0 aromatic rings. The molecule has 0 saturated carbocycles. The van der Waals surface area contributed by atoms with Crippen LogP contribution in [0.15, 0.2) is 12.2 Å². The summed E-state index contributed by atoms with van der Waals surface area (Å²) in [6.07, 6.45) is -0.159. The predicted octanol–water partition coefficient (Wildman–Crippen LogP) is 1.47. The van der Waals surface area contributed by atoms with Gasteiger partial charge in [0.15, 0.2) is 0 Å². The van der Waals surface area contributed by atoms with Crippen molar-refractivity contribution in [1.82, 2.24) is 0 Å². The average Bonchev–Trinajstić information content (AvgIpc) is 2.42. The lowest BCUT2D eigenvalue weighted by Gasteiger charge is -2.28. The molecule has 0 aliphatic rings. The van der Waals surface area contributed by atoms with Crippen LogP contribution < -0.4 is 0 Å². The maximum Gasteiger partial charge on any atom is 0.332 e. The Hall–Kier alpha value is -1.89. The van der Waals surface area contributed by atoms with Crippen molar-refractivity contribution in [2.45, 2.75) is 33.1 Å². The van der Waals surface area contributed by atoms with Crippen molar-refractivity contribution in [3.05, 3.63) is 12.2 Å². The summed E-state index contributed by atoms with van der Waals surface area (Å²) in [5.41, 5.74) is -2.48. The van der Waals surface area contributed by atoms with E-state index in [1.807, 2.05) is 0 Å². The fraction of sp³-hybridized carbons (Fsp3) is 0.643. The second-order valence-corrected chi connectivity index (χ2v) is 4.52. The topological polar surface area (TPSA) is 110 Å². The Bertz CT molecular complexity index is 402. The third-order valence-corrected chi connectivity index (χ3v) is 3.04. The van der Waals surface area contributed by atoms with Gasteiger partial charge < -0.3 is 19.7 Å². The first-order valence-electron chi connectivity index (χ1n) is 6.71. The summed E-state index contributed by atoms with van der Waals surface area (Å²) in [5, 5.41) is 18.5. The molecule has 0 aliphatic heterocycles. The van der Waals surface area contributed by atoms with Gasteiger partial charge in [-0.25, -0.2) is 4.79 Å². The maximum absolute atomic E-state index is 11.7. The largest absolute Gasteiger partial charge is 0.481 e. The number of hydrogen-bond donors (Lipinski definition) is 2. The van der Waals surface area contributed by atoms with E-state index in [4.69, 9.17) is 14.6 Å². The molecule has 0 aliphatic carbocycles. The maximum atomic E-state index is 11.7. The summed E-state index contributed by atoms with van der Waals surface area (Å²) in [5.74, 6) is -3.65. The third-order valence-electron chi connectivity index (χ3n) is 3.04. The molecule has 2 N–H and O–H groups in total. The third kappa shape index (κ3) is 5.55. The van der Waals surface area contributed by atoms with Crippen LogP contribution in [0.4, 0.5) is 0 Å². The van der Waals surface area contributed by atoms with Crippen LogP contribution in [-0.4, -0.2) is 47.9 Å². The monoisotopic (exact) mass is 302 g/mol. The van der Waals surface area contributed by atoms with Crippen molar-refractivity contribution in [3.63, 3.8) is 0 Å². The van der Waals surface area contributed by atoms with Crippen molar-refractivity contribution in [2.24, 2.45) is 5.41 Å². The van der Waals surface area contributed by atoms with E-state index in [0.717, 1.165) is 0 Å². The van der Waals surface area contributed by atoms with E-state index in [9.17, 15) is 19.5 Å². The van der Waals surface area contributed by atoms with Gasteiger partial charge in [0.2, 0.25) is 0 Å². The molecule has 0 heterocycles. The molecule has 0 amide bonds. The molecule has 0 aromatic carbocycles. The predicted molar refractivity (Wildman–Crippen MR) is 73.8 cm³/mol. The summed E-state index contributed by atoms with van der Waals surface area (Å²) in [6, 6.07) is 0. The smallest absolute Gasteiger partial charge is 0.332 e. The van der Waals surface area contributed by atoms with Gasteiger partial charge in [0, 0.05) is 18.8 Å². The Balaban J connectivity index is 5.27. The van der Waals surface area contributed by atoms with E-state index in [0.29, 0.717) is 13.0 Å². The van der Waals surface area contributed by atoms with Crippen LogP contribution in [0.3, 0.4) is 0 Å². The minimum Gasteiger partial charge on any atom is -0.481 e. The summed E-state index contributed by atoms with van der Waals surface area (Å²) in [4.78, 5) is 34.4. The summed E-state index contributed by atoms with van der Waals surface area (Å²) < 4.78 is 9.94. The molecule has 0 fully saturated rings. The quantitative estimate of drug-likeness (QED) is 0.338. The molecule has 0 aromatic heterocycles. The molecule has 0 spiro atoms. The standard InChI is InChI=1S/C14H22O7/c1-4-7-21-11(15)9-14(13(18)19,6-8-20-5-2)10(3)12(16)17/h3-9H2,1-2H3,(H,16,17)(H,18,19). The van der Waals surface area contributed by atoms with E-state index >= 15 is 0 Å². The number of carbonyl (C=O) groups is 3. The lowest BCUT2D eigenvalue weighted by molar-refractivity contribution is -0.158. The number of carbonyl (C=O) groups excluding carboxylic acids is 1. The number of carboxylic acids is 2. The molecular weight excluding hydrogens is 280 g/mol. The zero-order valence-corrected chi connectivity index (χ0v) is 12.4. The number of rotatable bonds is 11. The van der Waals surface area contributed by atoms with E-state index in [-0.39, 0.29) is 19.6 Å². The van der Waals surface area contributed by atoms with Gasteiger partial charge in [0.25, 0.3) is 0 Å². The molecule has 0 saturated heterocycles. The van der Waals surface area contributed by atoms with Crippen molar-refractivity contribution in [3.8, 4) is 0 Å². The van der Waals surface area contributed by atoms with Gasteiger partial charge in [-0.05, 0) is 19.8 Å². The van der Waals surface area contributed by atoms with Gasteiger partial charge in [-0.1, -0.05) is 13.5 Å². The lowest BCUT2D eigenvalue weighted by atomic mass is 9.75. The van der Waals surface area contributed by atoms with Crippen molar-refractivity contribution in [1.29, 1.82) is 0 Å². The normalized spacial score (nSPS) is 13.2. The first kappa shape index (κ1) is 19.1. The van der Waals surface area contributed by atoms with Crippen LogP contribution in [0.2, 0.25) is 0 Å². The molecule has 7 nitrogen and oxygen atoms in total. The van der Waals surface area contributed by atoms with Crippen LogP contribution in [0.25, 0.3) is 0 Å². The lowest BCUT2D eigenvalue weighted by Crippen LogP contribution is -2.39. The van der Waals surface area contributed by atoms with Gasteiger partial charge in [-0.2, -0.15) is 0 Å². The highest BCUT2D eigenvalue weighted by Gasteiger charge is 2.46. The number of hydrogen-bond acceptors (Lipinski definition) is 5. The molecule has 0 rings (SSSR count). The van der Waals surface area contributed by atoms with Crippen LogP contribution in [0.5, 0.6) is 0 Å². The van der Waals surface area contributed by atoms with E-state index < -0.39 is 35.3 Å². The fourth-order valence-electron chi connectivity index (χ4n) is 1.77. The Morgan fingerprint density at radius 2 is 1.76 bits per heavy atom. The molecule has 21 heavy (non-hydrogen) atoms. The first-order valence-corrected chi connectivity index (χ1v) is 6.71. The molecule has 7 heteroatoms. The Morgan fingerprint density at radius 3 is 2.19 bits per heavy atom. The molecule has 0 radical (unpaired) electrons. The van der Waals surface area contributed by atoms with Gasteiger partial charge in [0.05, 0.1) is 13.0 Å². The molecule has 1 atom stereocenters. The highest BCUT2D eigenvalue weighted by Crippen LogP contribution is 2.36. The van der Waals surface area contributed by atoms with Crippen molar-refractivity contribution < 1.29 is 34.1 Å². The van der Waals surface area contributed by atoms with Gasteiger partial charge in [-0.15, -0.1) is 0 Å². The highest BCUT2D eigenvalue weighted by atomic mass is 16.5. The second-order valence-electron chi connectivity index (χ2n) is 4.52. The molecule has 120 valence electrons. The van der Waals surface area contributed by atoms with Gasteiger partial charge in [-0.3, -0.25) is 9.59 Å². The molecule has 1 unspecified atom stereocenters. The second kappa shape index (κ2) is 9.12. The van der Waals surface area contributed by atoms with Crippen LogP contribution >= 0.6 is 0 Å². The Kier molecular flexibility index (Phi) is 8.30. The van der Waals surface area contributed by atoms with E-state index in [1.54, 1.807) is 13.8 Å².